The lowest BCUT2D eigenvalue weighted by molar-refractivity contribution is 0.665. The molecule has 0 aliphatic carbocycles. The predicted molar refractivity (Wildman–Crippen MR) is 128 cm³/mol. The number of hydrogen-bond donors (Lipinski definition) is 0. The number of benzene rings is 2. The molecule has 30 heavy (non-hydrogen) atoms. The van der Waals surface area contributed by atoms with E-state index in [-0.39, 0.29) is 0 Å². The maximum absolute atomic E-state index is 13.4. The lowest BCUT2D eigenvalue weighted by Gasteiger charge is -2.11. The van der Waals surface area contributed by atoms with Crippen LogP contribution < -0.4 is 0 Å². The Morgan fingerprint density at radius 1 is 1.00 bits per heavy atom. The van der Waals surface area contributed by atoms with Crippen LogP contribution in [-0.2, 0) is 22.4 Å². The standard InChI is InChI=1S/C23H23N3OS3/c1-3-28-22-13-14-24-20(17(22)2)15-30(27)23-25-19-11-7-8-12-21(19)26(23)16-29-18-9-5-4-6-10-18/h4-14H,3,15-16H2,1-2H3. The Morgan fingerprint density at radius 3 is 2.57 bits per heavy atom. The van der Waals surface area contributed by atoms with E-state index in [1.165, 1.54) is 9.79 Å². The van der Waals surface area contributed by atoms with Crippen molar-refractivity contribution in [3.8, 4) is 0 Å². The van der Waals surface area contributed by atoms with Gasteiger partial charge in [0.25, 0.3) is 0 Å². The van der Waals surface area contributed by atoms with Gasteiger partial charge in [-0.1, -0.05) is 37.3 Å². The summed E-state index contributed by atoms with van der Waals surface area (Å²) in [5.41, 5.74) is 3.86. The highest BCUT2D eigenvalue weighted by atomic mass is 32.2. The first-order valence-electron chi connectivity index (χ1n) is 9.76. The monoisotopic (exact) mass is 453 g/mol. The number of para-hydroxylation sites is 2. The fraction of sp³-hybridized carbons (Fsp3) is 0.217. The fourth-order valence-electron chi connectivity index (χ4n) is 3.21. The molecule has 154 valence electrons. The topological polar surface area (TPSA) is 47.8 Å². The van der Waals surface area contributed by atoms with Gasteiger partial charge in [-0.2, -0.15) is 0 Å². The summed E-state index contributed by atoms with van der Waals surface area (Å²) in [4.78, 5) is 11.6. The molecule has 1 atom stereocenters. The van der Waals surface area contributed by atoms with Crippen LogP contribution >= 0.6 is 23.5 Å². The lowest BCUT2D eigenvalue weighted by Crippen LogP contribution is -2.08. The molecule has 2 aromatic heterocycles. The average Bonchev–Trinajstić information content (AvgIpc) is 3.15. The summed E-state index contributed by atoms with van der Waals surface area (Å²) in [7, 11) is -1.29. The van der Waals surface area contributed by atoms with Crippen molar-refractivity contribution in [2.75, 3.05) is 5.75 Å². The number of thioether (sulfide) groups is 2. The van der Waals surface area contributed by atoms with Crippen LogP contribution in [0.1, 0.15) is 18.2 Å². The van der Waals surface area contributed by atoms with Crippen molar-refractivity contribution in [1.82, 2.24) is 14.5 Å². The van der Waals surface area contributed by atoms with E-state index in [2.05, 4.69) is 35.5 Å². The summed E-state index contributed by atoms with van der Waals surface area (Å²) in [5.74, 6) is 2.02. The van der Waals surface area contributed by atoms with Crippen molar-refractivity contribution < 1.29 is 4.21 Å². The zero-order valence-corrected chi connectivity index (χ0v) is 19.4. The van der Waals surface area contributed by atoms with Gasteiger partial charge >= 0.3 is 0 Å². The summed E-state index contributed by atoms with van der Waals surface area (Å²) >= 11 is 3.50. The molecule has 0 saturated heterocycles. The summed E-state index contributed by atoms with van der Waals surface area (Å²) in [6, 6.07) is 20.3. The summed E-state index contributed by atoms with van der Waals surface area (Å²) < 4.78 is 15.5. The SMILES string of the molecule is CCSc1ccnc(CS(=O)c2nc3ccccc3n2CSc2ccccc2)c1C. The van der Waals surface area contributed by atoms with E-state index in [0.717, 1.165) is 28.0 Å². The van der Waals surface area contributed by atoms with Crippen LogP contribution in [0.2, 0.25) is 0 Å². The Balaban J connectivity index is 1.65. The number of fused-ring (bicyclic) bond motifs is 1. The van der Waals surface area contributed by atoms with Crippen molar-refractivity contribution in [3.63, 3.8) is 0 Å². The van der Waals surface area contributed by atoms with Crippen LogP contribution in [0.5, 0.6) is 0 Å². The molecule has 0 N–H and O–H groups in total. The molecule has 2 aromatic carbocycles. The Hall–Kier alpha value is -2.09. The average molecular weight is 454 g/mol. The van der Waals surface area contributed by atoms with E-state index in [1.807, 2.05) is 54.7 Å². The van der Waals surface area contributed by atoms with Crippen LogP contribution in [0, 0.1) is 6.92 Å². The van der Waals surface area contributed by atoms with Crippen LogP contribution in [-0.4, -0.2) is 24.5 Å². The predicted octanol–water partition coefficient (Wildman–Crippen LogP) is 5.91. The first-order chi connectivity index (χ1) is 14.7. The van der Waals surface area contributed by atoms with Crippen molar-refractivity contribution in [3.05, 3.63) is 78.1 Å². The van der Waals surface area contributed by atoms with Gasteiger partial charge in [0.15, 0.2) is 0 Å². The van der Waals surface area contributed by atoms with E-state index in [0.29, 0.717) is 16.8 Å². The molecule has 0 fully saturated rings. The van der Waals surface area contributed by atoms with Crippen molar-refractivity contribution in [1.29, 1.82) is 0 Å². The third-order valence-electron chi connectivity index (χ3n) is 4.75. The zero-order valence-electron chi connectivity index (χ0n) is 16.9. The molecule has 0 aliphatic heterocycles. The van der Waals surface area contributed by atoms with Crippen LogP contribution in [0.25, 0.3) is 11.0 Å². The molecule has 4 nitrogen and oxygen atoms in total. The molecule has 1 unspecified atom stereocenters. The second-order valence-corrected chi connectivity index (χ2v) is 10.4. The van der Waals surface area contributed by atoms with Crippen molar-refractivity contribution in [2.45, 2.75) is 40.4 Å². The molecule has 0 spiro atoms. The van der Waals surface area contributed by atoms with Crippen LogP contribution in [0.4, 0.5) is 0 Å². The summed E-state index contributed by atoms with van der Waals surface area (Å²) in [6.07, 6.45) is 1.81. The van der Waals surface area contributed by atoms with Crippen molar-refractivity contribution in [2.24, 2.45) is 0 Å². The quantitative estimate of drug-likeness (QED) is 0.310. The number of imidazole rings is 1. The van der Waals surface area contributed by atoms with Crippen LogP contribution in [0.15, 0.2) is 81.8 Å². The Morgan fingerprint density at radius 2 is 1.77 bits per heavy atom. The third kappa shape index (κ3) is 4.63. The first-order valence-corrected chi connectivity index (χ1v) is 13.0. The van der Waals surface area contributed by atoms with Crippen molar-refractivity contribution >= 4 is 45.4 Å². The molecule has 0 bridgehead atoms. The highest BCUT2D eigenvalue weighted by Gasteiger charge is 2.19. The van der Waals surface area contributed by atoms with E-state index in [4.69, 9.17) is 4.98 Å². The van der Waals surface area contributed by atoms with Gasteiger partial charge < -0.3 is 4.57 Å². The molecule has 2 heterocycles. The molecule has 7 heteroatoms. The fourth-order valence-corrected chi connectivity index (χ4v) is 6.26. The molecular weight excluding hydrogens is 430 g/mol. The third-order valence-corrected chi connectivity index (χ3v) is 8.04. The van der Waals surface area contributed by atoms with E-state index in [9.17, 15) is 4.21 Å². The van der Waals surface area contributed by atoms with Gasteiger partial charge in [0.05, 0.1) is 39.2 Å². The Labute approximate surface area is 188 Å². The maximum atomic E-state index is 13.4. The number of aromatic nitrogens is 3. The Kier molecular flexibility index (Phi) is 6.92. The van der Waals surface area contributed by atoms with Gasteiger partial charge in [-0.3, -0.25) is 9.19 Å². The van der Waals surface area contributed by atoms with E-state index < -0.39 is 10.8 Å². The maximum Gasteiger partial charge on any atom is 0.201 e. The van der Waals surface area contributed by atoms with Gasteiger partial charge in [-0.25, -0.2) is 4.98 Å². The number of nitrogens with zero attached hydrogens (tertiary/aromatic N) is 3. The highest BCUT2D eigenvalue weighted by Crippen LogP contribution is 2.28. The first kappa shape index (κ1) is 21.2. The molecule has 0 radical (unpaired) electrons. The molecule has 4 aromatic rings. The largest absolute Gasteiger partial charge is 0.307 e. The highest BCUT2D eigenvalue weighted by molar-refractivity contribution is 7.99. The molecule has 0 amide bonds. The van der Waals surface area contributed by atoms with Gasteiger partial charge in [-0.15, -0.1) is 23.5 Å². The van der Waals surface area contributed by atoms with Gasteiger partial charge in [0, 0.05) is 16.0 Å². The molecule has 0 saturated carbocycles. The van der Waals surface area contributed by atoms with Gasteiger partial charge in [0.2, 0.25) is 5.16 Å². The summed E-state index contributed by atoms with van der Waals surface area (Å²) in [6.45, 7) is 4.20. The second-order valence-electron chi connectivity index (χ2n) is 6.70. The number of pyridine rings is 1. The minimum absolute atomic E-state index is 0.364. The lowest BCUT2D eigenvalue weighted by atomic mass is 10.2. The molecule has 4 rings (SSSR count). The number of rotatable bonds is 8. The van der Waals surface area contributed by atoms with Crippen LogP contribution in [0.3, 0.4) is 0 Å². The second kappa shape index (κ2) is 9.81. The molecule has 0 aliphatic rings. The Bertz CT molecular complexity index is 1180. The molecular formula is C23H23N3OS3. The van der Waals surface area contributed by atoms with Gasteiger partial charge in [-0.05, 0) is 48.6 Å². The normalized spacial score (nSPS) is 12.3. The zero-order chi connectivity index (χ0) is 20.9. The van der Waals surface area contributed by atoms with E-state index in [1.54, 1.807) is 23.5 Å². The minimum Gasteiger partial charge on any atom is -0.307 e. The van der Waals surface area contributed by atoms with Gasteiger partial charge in [0.1, 0.15) is 0 Å². The smallest absolute Gasteiger partial charge is 0.201 e. The van der Waals surface area contributed by atoms with E-state index >= 15 is 0 Å². The summed E-state index contributed by atoms with van der Waals surface area (Å²) in [5, 5.41) is 0.606. The number of hydrogen-bond acceptors (Lipinski definition) is 5. The minimum atomic E-state index is -1.29.